The summed E-state index contributed by atoms with van der Waals surface area (Å²) in [6.07, 6.45) is 0. The van der Waals surface area contributed by atoms with Crippen molar-refractivity contribution in [2.75, 3.05) is 31.5 Å². The summed E-state index contributed by atoms with van der Waals surface area (Å²) < 4.78 is 13.2. The molecule has 1 fully saturated rings. The average molecular weight is 378 g/mol. The zero-order chi connectivity index (χ0) is 17.8. The van der Waals surface area contributed by atoms with E-state index in [9.17, 15) is 4.39 Å². The van der Waals surface area contributed by atoms with Gasteiger partial charge in [-0.3, -0.25) is 4.90 Å². The highest BCUT2D eigenvalue weighted by Crippen LogP contribution is 2.20. The summed E-state index contributed by atoms with van der Waals surface area (Å²) in [6, 6.07) is 13.2. The largest absolute Gasteiger partial charge is 0.346 e. The fourth-order valence-corrected chi connectivity index (χ4v) is 3.32. The number of rotatable bonds is 3. The standard InChI is InChI=1S/C19H21ClFN3S/c1-14-2-4-15(5-3-14)13-23-8-10-24(11-9-23)19(25)22-16-6-7-18(21)17(20)12-16/h2-7,12H,8-11,13H2,1H3,(H,22,25). The van der Waals surface area contributed by atoms with Crippen molar-refractivity contribution in [3.05, 3.63) is 64.4 Å². The number of anilines is 1. The van der Waals surface area contributed by atoms with Gasteiger partial charge >= 0.3 is 0 Å². The minimum atomic E-state index is -0.428. The summed E-state index contributed by atoms with van der Waals surface area (Å²) in [5, 5.41) is 3.88. The Balaban J connectivity index is 1.50. The molecule has 0 unspecified atom stereocenters. The second-order valence-electron chi connectivity index (χ2n) is 6.31. The zero-order valence-corrected chi connectivity index (χ0v) is 15.7. The summed E-state index contributed by atoms with van der Waals surface area (Å²) >= 11 is 11.3. The number of nitrogens with zero attached hydrogens (tertiary/aromatic N) is 2. The van der Waals surface area contributed by atoms with Crippen LogP contribution in [-0.4, -0.2) is 41.1 Å². The molecule has 0 aromatic heterocycles. The zero-order valence-electron chi connectivity index (χ0n) is 14.1. The maximum Gasteiger partial charge on any atom is 0.173 e. The first-order chi connectivity index (χ1) is 12.0. The first kappa shape index (κ1) is 18.1. The van der Waals surface area contributed by atoms with Crippen molar-refractivity contribution in [3.63, 3.8) is 0 Å². The number of thiocarbonyl (C=S) groups is 1. The lowest BCUT2D eigenvalue weighted by atomic mass is 10.1. The third-order valence-corrected chi connectivity index (χ3v) is 5.01. The maximum absolute atomic E-state index is 13.2. The summed E-state index contributed by atoms with van der Waals surface area (Å²) in [4.78, 5) is 4.57. The van der Waals surface area contributed by atoms with Gasteiger partial charge in [0, 0.05) is 38.4 Å². The normalized spacial score (nSPS) is 15.2. The van der Waals surface area contributed by atoms with Crippen LogP contribution < -0.4 is 5.32 Å². The second kappa shape index (κ2) is 8.13. The summed E-state index contributed by atoms with van der Waals surface area (Å²) in [5.74, 6) is -0.428. The Bertz CT molecular complexity index is 743. The number of benzene rings is 2. The van der Waals surface area contributed by atoms with Crippen molar-refractivity contribution in [3.8, 4) is 0 Å². The molecule has 3 nitrogen and oxygen atoms in total. The van der Waals surface area contributed by atoms with Gasteiger partial charge in [-0.2, -0.15) is 0 Å². The highest BCUT2D eigenvalue weighted by molar-refractivity contribution is 7.80. The van der Waals surface area contributed by atoms with Gasteiger partial charge in [-0.15, -0.1) is 0 Å². The van der Waals surface area contributed by atoms with Crippen LogP contribution >= 0.6 is 23.8 Å². The molecular formula is C19H21ClFN3S. The molecule has 1 saturated heterocycles. The minimum absolute atomic E-state index is 0.0933. The quantitative estimate of drug-likeness (QED) is 0.803. The van der Waals surface area contributed by atoms with Crippen LogP contribution in [0.3, 0.4) is 0 Å². The number of piperazine rings is 1. The number of halogens is 2. The third kappa shape index (κ3) is 4.91. The molecule has 0 spiro atoms. The van der Waals surface area contributed by atoms with Gasteiger partial charge in [0.05, 0.1) is 5.02 Å². The van der Waals surface area contributed by atoms with Crippen LogP contribution in [0.25, 0.3) is 0 Å². The molecule has 132 valence electrons. The number of nitrogens with one attached hydrogen (secondary N) is 1. The summed E-state index contributed by atoms with van der Waals surface area (Å²) in [7, 11) is 0. The SMILES string of the molecule is Cc1ccc(CN2CCN(C(=S)Nc3ccc(F)c(Cl)c3)CC2)cc1. The maximum atomic E-state index is 13.2. The Labute approximate surface area is 158 Å². The van der Waals surface area contributed by atoms with E-state index in [1.807, 2.05) is 0 Å². The van der Waals surface area contributed by atoms with E-state index in [1.54, 1.807) is 12.1 Å². The molecule has 0 amide bonds. The molecule has 1 aliphatic rings. The molecule has 1 heterocycles. The molecule has 0 radical (unpaired) electrons. The first-order valence-corrected chi connectivity index (χ1v) is 9.09. The summed E-state index contributed by atoms with van der Waals surface area (Å²) in [5.41, 5.74) is 3.32. The van der Waals surface area contributed by atoms with Crippen LogP contribution in [0, 0.1) is 12.7 Å². The molecule has 1 N–H and O–H groups in total. The van der Waals surface area contributed by atoms with Crippen molar-refractivity contribution in [1.29, 1.82) is 0 Å². The highest BCUT2D eigenvalue weighted by atomic mass is 35.5. The van der Waals surface area contributed by atoms with Crippen molar-refractivity contribution in [2.24, 2.45) is 0 Å². The molecule has 0 aliphatic carbocycles. The Morgan fingerprint density at radius 2 is 1.80 bits per heavy atom. The lowest BCUT2D eigenvalue weighted by Gasteiger charge is -2.36. The van der Waals surface area contributed by atoms with Gasteiger partial charge < -0.3 is 10.2 Å². The Morgan fingerprint density at radius 1 is 1.12 bits per heavy atom. The molecule has 25 heavy (non-hydrogen) atoms. The van der Waals surface area contributed by atoms with E-state index in [0.29, 0.717) is 10.8 Å². The van der Waals surface area contributed by atoms with Crippen LogP contribution in [0.2, 0.25) is 5.02 Å². The predicted molar refractivity (Wildman–Crippen MR) is 106 cm³/mol. The van der Waals surface area contributed by atoms with Gasteiger partial charge in [0.1, 0.15) is 5.82 Å². The van der Waals surface area contributed by atoms with Gasteiger partial charge in [-0.25, -0.2) is 4.39 Å². The predicted octanol–water partition coefficient (Wildman–Crippen LogP) is 4.30. The van der Waals surface area contributed by atoms with E-state index in [0.717, 1.165) is 32.7 Å². The van der Waals surface area contributed by atoms with Crippen molar-refractivity contribution in [1.82, 2.24) is 9.80 Å². The minimum Gasteiger partial charge on any atom is -0.346 e. The van der Waals surface area contributed by atoms with Crippen molar-refractivity contribution >= 4 is 34.6 Å². The van der Waals surface area contributed by atoms with Crippen LogP contribution in [0.4, 0.5) is 10.1 Å². The lowest BCUT2D eigenvalue weighted by molar-refractivity contribution is 0.177. The third-order valence-electron chi connectivity index (χ3n) is 4.36. The molecular weight excluding hydrogens is 357 g/mol. The summed E-state index contributed by atoms with van der Waals surface area (Å²) in [6.45, 7) is 6.71. The van der Waals surface area contributed by atoms with Crippen LogP contribution in [0.5, 0.6) is 0 Å². The number of hydrogen-bond donors (Lipinski definition) is 1. The van der Waals surface area contributed by atoms with E-state index in [1.165, 1.54) is 17.2 Å². The van der Waals surface area contributed by atoms with Crippen molar-refractivity contribution < 1.29 is 4.39 Å². The second-order valence-corrected chi connectivity index (χ2v) is 7.10. The molecule has 0 atom stereocenters. The molecule has 6 heteroatoms. The van der Waals surface area contributed by atoms with Gasteiger partial charge in [-0.05, 0) is 42.9 Å². The van der Waals surface area contributed by atoms with E-state index >= 15 is 0 Å². The average Bonchev–Trinajstić information content (AvgIpc) is 2.61. The van der Waals surface area contributed by atoms with E-state index in [4.69, 9.17) is 23.8 Å². The topological polar surface area (TPSA) is 18.5 Å². The van der Waals surface area contributed by atoms with Gasteiger partial charge in [0.15, 0.2) is 5.11 Å². The molecule has 2 aromatic carbocycles. The van der Waals surface area contributed by atoms with Gasteiger partial charge in [0.25, 0.3) is 0 Å². The van der Waals surface area contributed by atoms with Crippen LogP contribution in [0.1, 0.15) is 11.1 Å². The Hall–Kier alpha value is -1.69. The molecule has 2 aromatic rings. The fraction of sp³-hybridized carbons (Fsp3) is 0.316. The fourth-order valence-electron chi connectivity index (χ4n) is 2.84. The van der Waals surface area contributed by atoms with E-state index in [2.05, 4.69) is 46.3 Å². The Kier molecular flexibility index (Phi) is 5.89. The molecule has 1 aliphatic heterocycles. The Morgan fingerprint density at radius 3 is 2.44 bits per heavy atom. The highest BCUT2D eigenvalue weighted by Gasteiger charge is 2.19. The van der Waals surface area contributed by atoms with Gasteiger partial charge in [-0.1, -0.05) is 41.4 Å². The van der Waals surface area contributed by atoms with Crippen molar-refractivity contribution in [2.45, 2.75) is 13.5 Å². The van der Waals surface area contributed by atoms with Crippen LogP contribution in [-0.2, 0) is 6.54 Å². The monoisotopic (exact) mass is 377 g/mol. The molecule has 0 saturated carbocycles. The van der Waals surface area contributed by atoms with E-state index in [-0.39, 0.29) is 5.02 Å². The van der Waals surface area contributed by atoms with Crippen LogP contribution in [0.15, 0.2) is 42.5 Å². The van der Waals surface area contributed by atoms with E-state index < -0.39 is 5.82 Å². The number of hydrogen-bond acceptors (Lipinski definition) is 2. The molecule has 0 bridgehead atoms. The molecule has 3 rings (SSSR count). The smallest absolute Gasteiger partial charge is 0.173 e. The van der Waals surface area contributed by atoms with Gasteiger partial charge in [0.2, 0.25) is 0 Å². The number of aryl methyl sites for hydroxylation is 1. The first-order valence-electron chi connectivity index (χ1n) is 8.30. The lowest BCUT2D eigenvalue weighted by Crippen LogP contribution is -2.49.